The van der Waals surface area contributed by atoms with Gasteiger partial charge in [0.25, 0.3) is 0 Å². The summed E-state index contributed by atoms with van der Waals surface area (Å²) >= 11 is 0. The molecule has 0 aromatic rings. The van der Waals surface area contributed by atoms with Gasteiger partial charge in [0.15, 0.2) is 0 Å². The molecule has 1 aliphatic heterocycles. The lowest BCUT2D eigenvalue weighted by molar-refractivity contribution is -0.0109. The Hall–Kier alpha value is -0.120. The fourth-order valence-corrected chi connectivity index (χ4v) is 1.82. The standard InChI is InChI=1S/C11H22O3/c1-2-14-11-6-4-3-5-10(12)9-13-8-7-11/h10-12H,2-9H2,1H3. The van der Waals surface area contributed by atoms with Crippen molar-refractivity contribution in [1.29, 1.82) is 0 Å². The van der Waals surface area contributed by atoms with Gasteiger partial charge in [-0.1, -0.05) is 12.8 Å². The van der Waals surface area contributed by atoms with Crippen molar-refractivity contribution in [3.8, 4) is 0 Å². The third-order valence-corrected chi connectivity index (χ3v) is 2.61. The topological polar surface area (TPSA) is 38.7 Å². The van der Waals surface area contributed by atoms with Gasteiger partial charge in [-0.3, -0.25) is 0 Å². The van der Waals surface area contributed by atoms with Crippen LogP contribution >= 0.6 is 0 Å². The Bertz CT molecular complexity index is 126. The third-order valence-electron chi connectivity index (χ3n) is 2.61. The second kappa shape index (κ2) is 7.21. The zero-order valence-electron chi connectivity index (χ0n) is 9.08. The highest BCUT2D eigenvalue weighted by Gasteiger charge is 2.12. The summed E-state index contributed by atoms with van der Waals surface area (Å²) in [4.78, 5) is 0. The van der Waals surface area contributed by atoms with Crippen LogP contribution < -0.4 is 0 Å². The summed E-state index contributed by atoms with van der Waals surface area (Å²) < 4.78 is 11.0. The fourth-order valence-electron chi connectivity index (χ4n) is 1.82. The molecule has 0 saturated carbocycles. The van der Waals surface area contributed by atoms with Gasteiger partial charge in [-0.15, -0.1) is 0 Å². The maximum Gasteiger partial charge on any atom is 0.0773 e. The lowest BCUT2D eigenvalue weighted by Gasteiger charge is -2.20. The van der Waals surface area contributed by atoms with E-state index in [9.17, 15) is 5.11 Å². The Balaban J connectivity index is 2.24. The molecule has 1 heterocycles. The minimum absolute atomic E-state index is 0.265. The van der Waals surface area contributed by atoms with Crippen molar-refractivity contribution in [2.75, 3.05) is 19.8 Å². The molecule has 0 amide bonds. The highest BCUT2D eigenvalue weighted by Crippen LogP contribution is 2.13. The predicted molar refractivity (Wildman–Crippen MR) is 55.3 cm³/mol. The van der Waals surface area contributed by atoms with E-state index in [1.807, 2.05) is 6.92 Å². The van der Waals surface area contributed by atoms with E-state index in [1.165, 1.54) is 0 Å². The molecule has 0 aromatic carbocycles. The fraction of sp³-hybridized carbons (Fsp3) is 1.00. The lowest BCUT2D eigenvalue weighted by Crippen LogP contribution is -2.21. The molecule has 14 heavy (non-hydrogen) atoms. The van der Waals surface area contributed by atoms with Crippen LogP contribution in [0.5, 0.6) is 0 Å². The summed E-state index contributed by atoms with van der Waals surface area (Å²) in [7, 11) is 0. The van der Waals surface area contributed by atoms with Crippen molar-refractivity contribution in [1.82, 2.24) is 0 Å². The smallest absolute Gasteiger partial charge is 0.0773 e. The van der Waals surface area contributed by atoms with Crippen LogP contribution in [0.1, 0.15) is 39.0 Å². The van der Waals surface area contributed by atoms with E-state index < -0.39 is 0 Å². The van der Waals surface area contributed by atoms with Crippen LogP contribution in [-0.4, -0.2) is 37.1 Å². The Labute approximate surface area is 86.4 Å². The molecule has 0 bridgehead atoms. The van der Waals surface area contributed by atoms with Crippen LogP contribution in [0.2, 0.25) is 0 Å². The first-order valence-corrected chi connectivity index (χ1v) is 5.70. The monoisotopic (exact) mass is 202 g/mol. The summed E-state index contributed by atoms with van der Waals surface area (Å²) in [6.07, 6.45) is 5.24. The predicted octanol–water partition coefficient (Wildman–Crippen LogP) is 1.73. The maximum atomic E-state index is 9.44. The molecule has 1 N–H and O–H groups in total. The lowest BCUT2D eigenvalue weighted by atomic mass is 10.1. The Morgan fingerprint density at radius 3 is 2.86 bits per heavy atom. The number of ether oxygens (including phenoxy) is 2. The van der Waals surface area contributed by atoms with Crippen molar-refractivity contribution in [2.45, 2.75) is 51.2 Å². The van der Waals surface area contributed by atoms with E-state index >= 15 is 0 Å². The highest BCUT2D eigenvalue weighted by molar-refractivity contribution is 4.63. The van der Waals surface area contributed by atoms with Gasteiger partial charge in [0.2, 0.25) is 0 Å². The minimum atomic E-state index is -0.265. The molecule has 1 aliphatic rings. The molecule has 1 saturated heterocycles. The normalized spacial score (nSPS) is 31.3. The molecule has 0 aliphatic carbocycles. The Kier molecular flexibility index (Phi) is 6.15. The molecule has 0 aromatic heterocycles. The van der Waals surface area contributed by atoms with Crippen LogP contribution in [-0.2, 0) is 9.47 Å². The van der Waals surface area contributed by atoms with E-state index in [0.29, 0.717) is 19.3 Å². The van der Waals surface area contributed by atoms with Crippen LogP contribution in [0.4, 0.5) is 0 Å². The number of aliphatic hydroxyl groups excluding tert-OH is 1. The van der Waals surface area contributed by atoms with Gasteiger partial charge in [0.05, 0.1) is 18.8 Å². The number of rotatable bonds is 2. The highest BCUT2D eigenvalue weighted by atomic mass is 16.5. The van der Waals surface area contributed by atoms with E-state index in [-0.39, 0.29) is 6.10 Å². The van der Waals surface area contributed by atoms with Gasteiger partial charge in [-0.25, -0.2) is 0 Å². The molecule has 1 fully saturated rings. The first-order valence-electron chi connectivity index (χ1n) is 5.70. The molecular formula is C11H22O3. The summed E-state index contributed by atoms with van der Waals surface area (Å²) in [6, 6.07) is 0. The maximum absolute atomic E-state index is 9.44. The van der Waals surface area contributed by atoms with Crippen LogP contribution in [0.25, 0.3) is 0 Å². The second-order valence-corrected chi connectivity index (χ2v) is 3.88. The molecule has 3 nitrogen and oxygen atoms in total. The van der Waals surface area contributed by atoms with Crippen LogP contribution in [0, 0.1) is 0 Å². The van der Waals surface area contributed by atoms with E-state index in [0.717, 1.165) is 38.7 Å². The molecule has 84 valence electrons. The van der Waals surface area contributed by atoms with Gasteiger partial charge in [-0.05, 0) is 26.2 Å². The first-order chi connectivity index (χ1) is 6.83. The quantitative estimate of drug-likeness (QED) is 0.741. The minimum Gasteiger partial charge on any atom is -0.391 e. The Morgan fingerprint density at radius 1 is 1.29 bits per heavy atom. The summed E-state index contributed by atoms with van der Waals surface area (Å²) in [5, 5.41) is 9.44. The molecule has 0 radical (unpaired) electrons. The van der Waals surface area contributed by atoms with E-state index in [1.54, 1.807) is 0 Å². The molecule has 2 unspecified atom stereocenters. The molecule has 3 heteroatoms. The Morgan fingerprint density at radius 2 is 2.07 bits per heavy atom. The van der Waals surface area contributed by atoms with E-state index in [4.69, 9.17) is 9.47 Å². The van der Waals surface area contributed by atoms with Gasteiger partial charge >= 0.3 is 0 Å². The van der Waals surface area contributed by atoms with Crippen molar-refractivity contribution >= 4 is 0 Å². The van der Waals surface area contributed by atoms with Crippen molar-refractivity contribution in [3.05, 3.63) is 0 Å². The summed E-state index contributed by atoms with van der Waals surface area (Å²) in [6.45, 7) is 4.01. The first kappa shape index (κ1) is 12.0. The van der Waals surface area contributed by atoms with Gasteiger partial charge < -0.3 is 14.6 Å². The molecule has 1 rings (SSSR count). The largest absolute Gasteiger partial charge is 0.391 e. The van der Waals surface area contributed by atoms with Crippen LogP contribution in [0.15, 0.2) is 0 Å². The summed E-state index contributed by atoms with van der Waals surface area (Å²) in [5.41, 5.74) is 0. The number of hydrogen-bond acceptors (Lipinski definition) is 3. The van der Waals surface area contributed by atoms with Crippen molar-refractivity contribution < 1.29 is 14.6 Å². The molecule has 2 atom stereocenters. The number of aliphatic hydroxyl groups is 1. The van der Waals surface area contributed by atoms with Crippen molar-refractivity contribution in [2.24, 2.45) is 0 Å². The average molecular weight is 202 g/mol. The van der Waals surface area contributed by atoms with Crippen molar-refractivity contribution in [3.63, 3.8) is 0 Å². The zero-order chi connectivity index (χ0) is 10.2. The molecular weight excluding hydrogens is 180 g/mol. The van der Waals surface area contributed by atoms with E-state index in [2.05, 4.69) is 0 Å². The molecule has 0 spiro atoms. The SMILES string of the molecule is CCOC1CCCCC(O)COCC1. The van der Waals surface area contributed by atoms with Gasteiger partial charge in [0, 0.05) is 13.2 Å². The van der Waals surface area contributed by atoms with Gasteiger partial charge in [-0.2, -0.15) is 0 Å². The second-order valence-electron chi connectivity index (χ2n) is 3.88. The third kappa shape index (κ3) is 4.94. The van der Waals surface area contributed by atoms with Gasteiger partial charge in [0.1, 0.15) is 0 Å². The average Bonchev–Trinajstić information content (AvgIpc) is 2.19. The van der Waals surface area contributed by atoms with Crippen LogP contribution in [0.3, 0.4) is 0 Å². The summed E-state index contributed by atoms with van der Waals surface area (Å²) in [5.74, 6) is 0. The number of hydrogen-bond donors (Lipinski definition) is 1. The zero-order valence-corrected chi connectivity index (χ0v) is 9.08.